The summed E-state index contributed by atoms with van der Waals surface area (Å²) in [5.74, 6) is 0.422. The summed E-state index contributed by atoms with van der Waals surface area (Å²) in [4.78, 5) is 4.16. The Kier molecular flexibility index (Phi) is 10.4. The second kappa shape index (κ2) is 10.8. The number of nitrogens with two attached hydrogens (primary N) is 1. The molecule has 6 nitrogen and oxygen atoms in total. The summed E-state index contributed by atoms with van der Waals surface area (Å²) in [6, 6.07) is 7.98. The van der Waals surface area contributed by atoms with E-state index in [0.717, 1.165) is 12.1 Å². The number of halogens is 1. The van der Waals surface area contributed by atoms with Gasteiger partial charge in [0.15, 0.2) is 5.96 Å². The molecule has 4 N–H and O–H groups in total. The first-order chi connectivity index (χ1) is 9.96. The average Bonchev–Trinajstić information content (AvgIpc) is 2.47. The van der Waals surface area contributed by atoms with Gasteiger partial charge in [-0.05, 0) is 37.5 Å². The van der Waals surface area contributed by atoms with E-state index in [0.29, 0.717) is 25.5 Å². The second-order valence-electron chi connectivity index (χ2n) is 4.59. The Labute approximate surface area is 150 Å². The molecule has 22 heavy (non-hydrogen) atoms. The highest BCUT2D eigenvalue weighted by Gasteiger charge is 2.03. The van der Waals surface area contributed by atoms with E-state index in [9.17, 15) is 8.42 Å². The van der Waals surface area contributed by atoms with Crippen LogP contribution >= 0.6 is 24.0 Å². The van der Waals surface area contributed by atoms with Crippen LogP contribution < -0.4 is 15.8 Å². The van der Waals surface area contributed by atoms with E-state index < -0.39 is 10.0 Å². The lowest BCUT2D eigenvalue weighted by Crippen LogP contribution is -2.27. The molecule has 0 fully saturated rings. The number of hydrogen-bond acceptors (Lipinski definition) is 3. The van der Waals surface area contributed by atoms with Gasteiger partial charge in [0.1, 0.15) is 0 Å². The van der Waals surface area contributed by atoms with Gasteiger partial charge in [-0.15, -0.1) is 24.0 Å². The molecular formula is C14H25IN4O2S. The number of hydrogen-bond donors (Lipinski definition) is 3. The summed E-state index contributed by atoms with van der Waals surface area (Å²) in [5.41, 5.74) is 7.92. The lowest BCUT2D eigenvalue weighted by molar-refractivity contribution is 0.581. The van der Waals surface area contributed by atoms with Crippen molar-refractivity contribution in [2.24, 2.45) is 10.7 Å². The Morgan fingerprint density at radius 3 is 2.41 bits per heavy atom. The number of nitrogens with one attached hydrogen (secondary N) is 2. The number of anilines is 1. The Morgan fingerprint density at radius 2 is 1.86 bits per heavy atom. The first kappa shape index (κ1) is 21.1. The van der Waals surface area contributed by atoms with Gasteiger partial charge in [0.2, 0.25) is 10.0 Å². The zero-order valence-electron chi connectivity index (χ0n) is 13.0. The smallest absolute Gasteiger partial charge is 0.211 e. The monoisotopic (exact) mass is 440 g/mol. The number of sulfonamides is 1. The van der Waals surface area contributed by atoms with Gasteiger partial charge >= 0.3 is 0 Å². The number of aryl methyl sites for hydroxylation is 1. The van der Waals surface area contributed by atoms with Gasteiger partial charge in [0.05, 0.1) is 5.75 Å². The largest absolute Gasteiger partial charge is 0.370 e. The van der Waals surface area contributed by atoms with Gasteiger partial charge in [-0.2, -0.15) is 0 Å². The highest BCUT2D eigenvalue weighted by molar-refractivity contribution is 14.0. The number of aliphatic imine (C=N–C) groups is 1. The van der Waals surface area contributed by atoms with Gasteiger partial charge in [0, 0.05) is 18.8 Å². The molecule has 0 heterocycles. The number of guanidine groups is 1. The third-order valence-corrected chi connectivity index (χ3v) is 4.36. The van der Waals surface area contributed by atoms with Crippen LogP contribution in [0.2, 0.25) is 0 Å². The number of benzene rings is 1. The Hall–Kier alpha value is -0.870. The van der Waals surface area contributed by atoms with Crippen LogP contribution in [-0.4, -0.2) is 33.2 Å². The molecule has 0 amide bonds. The van der Waals surface area contributed by atoms with Crippen molar-refractivity contribution in [1.82, 2.24) is 4.72 Å². The van der Waals surface area contributed by atoms with Gasteiger partial charge < -0.3 is 11.1 Å². The summed E-state index contributed by atoms with van der Waals surface area (Å²) in [7, 11) is -3.12. The highest BCUT2D eigenvalue weighted by atomic mass is 127. The molecule has 0 saturated carbocycles. The maximum absolute atomic E-state index is 11.2. The van der Waals surface area contributed by atoms with Crippen LogP contribution in [0.25, 0.3) is 0 Å². The van der Waals surface area contributed by atoms with Crippen molar-refractivity contribution in [3.8, 4) is 0 Å². The van der Waals surface area contributed by atoms with Crippen LogP contribution in [0.4, 0.5) is 5.69 Å². The fourth-order valence-corrected chi connectivity index (χ4v) is 2.28. The summed E-state index contributed by atoms with van der Waals surface area (Å²) in [5, 5.41) is 3.00. The molecule has 0 bridgehead atoms. The predicted octanol–water partition coefficient (Wildman–Crippen LogP) is 1.92. The third kappa shape index (κ3) is 8.54. The van der Waals surface area contributed by atoms with E-state index in [1.165, 1.54) is 5.56 Å². The summed E-state index contributed by atoms with van der Waals surface area (Å²) >= 11 is 0. The molecule has 1 aromatic rings. The predicted molar refractivity (Wildman–Crippen MR) is 103 cm³/mol. The zero-order valence-corrected chi connectivity index (χ0v) is 16.1. The van der Waals surface area contributed by atoms with Crippen molar-refractivity contribution in [2.45, 2.75) is 26.7 Å². The molecule has 0 aliphatic carbocycles. The van der Waals surface area contributed by atoms with Gasteiger partial charge in [-0.3, -0.25) is 4.99 Å². The topological polar surface area (TPSA) is 96.6 Å². The molecule has 0 unspecified atom stereocenters. The van der Waals surface area contributed by atoms with Crippen LogP contribution in [-0.2, 0) is 16.4 Å². The second-order valence-corrected chi connectivity index (χ2v) is 6.69. The van der Waals surface area contributed by atoms with E-state index in [1.54, 1.807) is 6.92 Å². The van der Waals surface area contributed by atoms with Crippen LogP contribution in [0.5, 0.6) is 0 Å². The molecule has 126 valence electrons. The lowest BCUT2D eigenvalue weighted by Gasteiger charge is -2.07. The standard InChI is InChI=1S/C14H24N4O2S.HI/c1-3-12-6-8-13(9-7-12)18-14(15)16-10-5-11-17-21(19,20)4-2;/h6-9,17H,3-5,10-11H2,1-2H3,(H3,15,16,18);1H. The van der Waals surface area contributed by atoms with Crippen molar-refractivity contribution in [1.29, 1.82) is 0 Å². The highest BCUT2D eigenvalue weighted by Crippen LogP contribution is 2.09. The van der Waals surface area contributed by atoms with Crippen LogP contribution in [0.15, 0.2) is 29.3 Å². The quantitative estimate of drug-likeness (QED) is 0.249. The molecule has 0 aliphatic heterocycles. The maximum Gasteiger partial charge on any atom is 0.211 e. The maximum atomic E-state index is 11.2. The van der Waals surface area contributed by atoms with E-state index in [1.807, 2.05) is 24.3 Å². The molecule has 1 rings (SSSR count). The molecule has 8 heteroatoms. The van der Waals surface area contributed by atoms with Crippen molar-refractivity contribution >= 4 is 45.6 Å². The zero-order chi connectivity index (χ0) is 15.7. The Balaban J connectivity index is 0.00000441. The molecule has 0 atom stereocenters. The first-order valence-corrected chi connectivity index (χ1v) is 8.75. The molecule has 0 aliphatic rings. The third-order valence-electron chi connectivity index (χ3n) is 2.95. The molecule has 0 saturated heterocycles. The molecule has 0 radical (unpaired) electrons. The Morgan fingerprint density at radius 1 is 1.23 bits per heavy atom. The molecule has 1 aromatic carbocycles. The van der Waals surface area contributed by atoms with Crippen LogP contribution in [0.3, 0.4) is 0 Å². The minimum absolute atomic E-state index is 0. The first-order valence-electron chi connectivity index (χ1n) is 7.10. The molecular weight excluding hydrogens is 415 g/mol. The summed E-state index contributed by atoms with van der Waals surface area (Å²) in [6.45, 7) is 4.55. The van der Waals surface area contributed by atoms with Gasteiger partial charge in [-0.25, -0.2) is 13.1 Å². The van der Waals surface area contributed by atoms with Crippen LogP contribution in [0, 0.1) is 0 Å². The van der Waals surface area contributed by atoms with Crippen LogP contribution in [0.1, 0.15) is 25.8 Å². The van der Waals surface area contributed by atoms with Gasteiger partial charge in [-0.1, -0.05) is 19.1 Å². The Bertz CT molecular complexity index is 559. The van der Waals surface area contributed by atoms with E-state index in [2.05, 4.69) is 22.0 Å². The van der Waals surface area contributed by atoms with Gasteiger partial charge in [0.25, 0.3) is 0 Å². The number of rotatable bonds is 8. The van der Waals surface area contributed by atoms with Crippen molar-refractivity contribution < 1.29 is 8.42 Å². The average molecular weight is 440 g/mol. The summed E-state index contributed by atoms with van der Waals surface area (Å²) in [6.07, 6.45) is 1.61. The lowest BCUT2D eigenvalue weighted by atomic mass is 10.1. The van der Waals surface area contributed by atoms with E-state index in [4.69, 9.17) is 5.73 Å². The summed E-state index contributed by atoms with van der Waals surface area (Å²) < 4.78 is 24.9. The number of nitrogens with zero attached hydrogens (tertiary/aromatic N) is 1. The van der Waals surface area contributed by atoms with Crippen molar-refractivity contribution in [3.63, 3.8) is 0 Å². The van der Waals surface area contributed by atoms with E-state index in [-0.39, 0.29) is 29.7 Å². The minimum Gasteiger partial charge on any atom is -0.370 e. The normalized spacial score (nSPS) is 11.8. The molecule has 0 spiro atoms. The van der Waals surface area contributed by atoms with Crippen molar-refractivity contribution in [3.05, 3.63) is 29.8 Å². The fraction of sp³-hybridized carbons (Fsp3) is 0.500. The SMILES string of the molecule is CCc1ccc(NC(N)=NCCCNS(=O)(=O)CC)cc1.I. The van der Waals surface area contributed by atoms with E-state index >= 15 is 0 Å². The van der Waals surface area contributed by atoms with Crippen molar-refractivity contribution in [2.75, 3.05) is 24.2 Å². The fourth-order valence-electron chi connectivity index (χ4n) is 1.62. The molecule has 0 aromatic heterocycles. The minimum atomic E-state index is -3.12.